The maximum atomic E-state index is 12.5. The molecule has 1 saturated heterocycles. The Kier molecular flexibility index (Phi) is 4.10. The summed E-state index contributed by atoms with van der Waals surface area (Å²) in [5.41, 5.74) is 0. The molecular formula is C14H21N7O. The second-order valence-corrected chi connectivity index (χ2v) is 5.34. The van der Waals surface area contributed by atoms with Gasteiger partial charge in [-0.05, 0) is 6.54 Å². The molecule has 0 unspecified atom stereocenters. The van der Waals surface area contributed by atoms with Crippen LogP contribution in [0.15, 0.2) is 24.7 Å². The van der Waals surface area contributed by atoms with Crippen LogP contribution < -0.4 is 5.32 Å². The average Bonchev–Trinajstić information content (AvgIpc) is 3.19. The predicted molar refractivity (Wildman–Crippen MR) is 82.4 cm³/mol. The molecule has 2 amide bonds. The molecule has 1 atom stereocenters. The van der Waals surface area contributed by atoms with Crippen molar-refractivity contribution >= 4 is 11.8 Å². The number of piperazine rings is 1. The molecule has 118 valence electrons. The summed E-state index contributed by atoms with van der Waals surface area (Å²) in [5, 5.41) is 6.95. The first kappa shape index (κ1) is 14.6. The number of hydrogen-bond acceptors (Lipinski definition) is 4. The number of anilines is 1. The van der Waals surface area contributed by atoms with Gasteiger partial charge in [-0.2, -0.15) is 5.10 Å². The summed E-state index contributed by atoms with van der Waals surface area (Å²) in [6.07, 6.45) is 5.23. The van der Waals surface area contributed by atoms with Crippen LogP contribution in [-0.2, 0) is 7.05 Å². The van der Waals surface area contributed by atoms with Crippen molar-refractivity contribution in [3.8, 4) is 0 Å². The number of amides is 2. The lowest BCUT2D eigenvalue weighted by molar-refractivity contribution is 0.0946. The number of aryl methyl sites for hydroxylation is 1. The van der Waals surface area contributed by atoms with E-state index >= 15 is 0 Å². The topological polar surface area (TPSA) is 82.1 Å². The summed E-state index contributed by atoms with van der Waals surface area (Å²) < 4.78 is 1.64. The summed E-state index contributed by atoms with van der Waals surface area (Å²) in [4.78, 5) is 24.1. The van der Waals surface area contributed by atoms with E-state index in [0.717, 1.165) is 18.9 Å². The Morgan fingerprint density at radius 2 is 2.32 bits per heavy atom. The third-order valence-corrected chi connectivity index (χ3v) is 4.08. The van der Waals surface area contributed by atoms with Crippen molar-refractivity contribution in [2.24, 2.45) is 7.05 Å². The molecule has 3 rings (SSSR count). The highest BCUT2D eigenvalue weighted by molar-refractivity contribution is 5.88. The number of aromatic nitrogens is 4. The second kappa shape index (κ2) is 6.18. The fourth-order valence-corrected chi connectivity index (χ4v) is 2.79. The fraction of sp³-hybridized carbons (Fsp3) is 0.500. The standard InChI is InChI=1S/C14H21N7O/c1-3-20-8-9-21(10-11(20)13-15-6-7-16-13)14(22)18-12-4-5-17-19(12)2/h4-7,11H,3,8-10H2,1-2H3,(H,15,16)(H,18,22)/t11-/m0/s1. The van der Waals surface area contributed by atoms with Crippen molar-refractivity contribution in [3.63, 3.8) is 0 Å². The summed E-state index contributed by atoms with van der Waals surface area (Å²) in [7, 11) is 1.80. The van der Waals surface area contributed by atoms with Crippen LogP contribution in [0, 0.1) is 0 Å². The number of carbonyl (C=O) groups is 1. The number of rotatable bonds is 3. The van der Waals surface area contributed by atoms with Gasteiger partial charge in [0.15, 0.2) is 0 Å². The van der Waals surface area contributed by atoms with Gasteiger partial charge in [0.25, 0.3) is 0 Å². The van der Waals surface area contributed by atoms with Gasteiger partial charge < -0.3 is 9.88 Å². The molecule has 22 heavy (non-hydrogen) atoms. The zero-order valence-electron chi connectivity index (χ0n) is 12.9. The summed E-state index contributed by atoms with van der Waals surface area (Å²) in [5.74, 6) is 1.59. The lowest BCUT2D eigenvalue weighted by atomic mass is 10.1. The van der Waals surface area contributed by atoms with Crippen molar-refractivity contribution < 1.29 is 4.79 Å². The largest absolute Gasteiger partial charge is 0.347 e. The Hall–Kier alpha value is -2.35. The van der Waals surface area contributed by atoms with Crippen molar-refractivity contribution in [1.82, 2.24) is 29.5 Å². The Labute approximate surface area is 129 Å². The molecule has 8 heteroatoms. The van der Waals surface area contributed by atoms with Crippen LogP contribution in [0.3, 0.4) is 0 Å². The van der Waals surface area contributed by atoms with Crippen LogP contribution in [0.5, 0.6) is 0 Å². The summed E-state index contributed by atoms with van der Waals surface area (Å²) >= 11 is 0. The highest BCUT2D eigenvalue weighted by atomic mass is 16.2. The normalized spacial score (nSPS) is 19.4. The summed E-state index contributed by atoms with van der Waals surface area (Å²) in [6.45, 7) is 5.21. The molecule has 8 nitrogen and oxygen atoms in total. The maximum Gasteiger partial charge on any atom is 0.323 e. The van der Waals surface area contributed by atoms with Gasteiger partial charge in [0, 0.05) is 45.1 Å². The number of nitrogens with zero attached hydrogens (tertiary/aromatic N) is 5. The lowest BCUT2D eigenvalue weighted by Crippen LogP contribution is -2.51. The highest BCUT2D eigenvalue weighted by Gasteiger charge is 2.31. The second-order valence-electron chi connectivity index (χ2n) is 5.34. The molecule has 2 aromatic rings. The summed E-state index contributed by atoms with van der Waals surface area (Å²) in [6, 6.07) is 1.78. The van der Waals surface area contributed by atoms with Crippen LogP contribution in [0.2, 0.25) is 0 Å². The molecule has 0 aliphatic carbocycles. The van der Waals surface area contributed by atoms with Crippen LogP contribution >= 0.6 is 0 Å². The maximum absolute atomic E-state index is 12.5. The van der Waals surface area contributed by atoms with E-state index in [1.165, 1.54) is 0 Å². The third kappa shape index (κ3) is 2.82. The van der Waals surface area contributed by atoms with E-state index < -0.39 is 0 Å². The quantitative estimate of drug-likeness (QED) is 0.888. The molecule has 1 aliphatic rings. The van der Waals surface area contributed by atoms with Crippen molar-refractivity contribution in [2.45, 2.75) is 13.0 Å². The fourth-order valence-electron chi connectivity index (χ4n) is 2.79. The molecule has 0 radical (unpaired) electrons. The third-order valence-electron chi connectivity index (χ3n) is 4.08. The van der Waals surface area contributed by atoms with E-state index in [9.17, 15) is 4.79 Å². The predicted octanol–water partition coefficient (Wildman–Crippen LogP) is 1.05. The van der Waals surface area contributed by atoms with Crippen LogP contribution in [0.25, 0.3) is 0 Å². The van der Waals surface area contributed by atoms with Crippen LogP contribution in [0.4, 0.5) is 10.6 Å². The van der Waals surface area contributed by atoms with Gasteiger partial charge in [0.05, 0.1) is 12.2 Å². The van der Waals surface area contributed by atoms with E-state index in [1.807, 2.05) is 11.1 Å². The number of hydrogen-bond donors (Lipinski definition) is 2. The van der Waals surface area contributed by atoms with Crippen LogP contribution in [-0.4, -0.2) is 61.8 Å². The van der Waals surface area contributed by atoms with E-state index in [0.29, 0.717) is 18.9 Å². The van der Waals surface area contributed by atoms with Gasteiger partial charge in [0.1, 0.15) is 11.6 Å². The SMILES string of the molecule is CCN1CCN(C(=O)Nc2ccnn2C)C[C@H]1c1ncc[nH]1. The van der Waals surface area contributed by atoms with Crippen molar-refractivity contribution in [1.29, 1.82) is 0 Å². The van der Waals surface area contributed by atoms with E-state index in [1.54, 1.807) is 30.2 Å². The number of imidazole rings is 1. The molecule has 2 N–H and O–H groups in total. The first-order valence-corrected chi connectivity index (χ1v) is 7.46. The van der Waals surface area contributed by atoms with Gasteiger partial charge in [-0.3, -0.25) is 14.9 Å². The number of urea groups is 1. The zero-order chi connectivity index (χ0) is 15.5. The molecule has 0 spiro atoms. The first-order chi connectivity index (χ1) is 10.7. The first-order valence-electron chi connectivity index (χ1n) is 7.46. The van der Waals surface area contributed by atoms with Gasteiger partial charge in [-0.25, -0.2) is 9.78 Å². The van der Waals surface area contributed by atoms with E-state index in [4.69, 9.17) is 0 Å². The van der Waals surface area contributed by atoms with E-state index in [-0.39, 0.29) is 12.1 Å². The van der Waals surface area contributed by atoms with Crippen molar-refractivity contribution in [2.75, 3.05) is 31.5 Å². The molecule has 3 heterocycles. The smallest absolute Gasteiger partial charge is 0.323 e. The van der Waals surface area contributed by atoms with Crippen molar-refractivity contribution in [3.05, 3.63) is 30.5 Å². The van der Waals surface area contributed by atoms with Gasteiger partial charge in [0.2, 0.25) is 0 Å². The number of aromatic amines is 1. The van der Waals surface area contributed by atoms with Gasteiger partial charge in [-0.15, -0.1) is 0 Å². The Morgan fingerprint density at radius 3 is 2.95 bits per heavy atom. The number of likely N-dealkylation sites (N-methyl/N-ethyl adjacent to an activating group) is 1. The molecule has 1 aliphatic heterocycles. The van der Waals surface area contributed by atoms with Crippen LogP contribution in [0.1, 0.15) is 18.8 Å². The molecule has 0 saturated carbocycles. The highest BCUT2D eigenvalue weighted by Crippen LogP contribution is 2.22. The van der Waals surface area contributed by atoms with E-state index in [2.05, 4.69) is 32.2 Å². The molecule has 2 aromatic heterocycles. The molecule has 1 fully saturated rings. The number of nitrogens with one attached hydrogen (secondary N) is 2. The Balaban J connectivity index is 1.70. The Bertz CT molecular complexity index is 621. The number of H-pyrrole nitrogens is 1. The molecule has 0 aromatic carbocycles. The molecule has 0 bridgehead atoms. The minimum Gasteiger partial charge on any atom is -0.347 e. The van der Waals surface area contributed by atoms with Gasteiger partial charge >= 0.3 is 6.03 Å². The average molecular weight is 303 g/mol. The minimum atomic E-state index is -0.101. The van der Waals surface area contributed by atoms with Gasteiger partial charge in [-0.1, -0.05) is 6.92 Å². The minimum absolute atomic E-state index is 0.101. The number of carbonyl (C=O) groups excluding carboxylic acids is 1. The molecular weight excluding hydrogens is 282 g/mol. The Morgan fingerprint density at radius 1 is 1.45 bits per heavy atom. The zero-order valence-corrected chi connectivity index (χ0v) is 12.9. The monoisotopic (exact) mass is 303 g/mol. The lowest BCUT2D eigenvalue weighted by Gasteiger charge is -2.39.